The topological polar surface area (TPSA) is 82.4 Å². The summed E-state index contributed by atoms with van der Waals surface area (Å²) >= 11 is 3.23. The normalized spacial score (nSPS) is 10.4. The number of nitrogens with zero attached hydrogens (tertiary/aromatic N) is 2. The van der Waals surface area contributed by atoms with Gasteiger partial charge < -0.3 is 14.8 Å². The van der Waals surface area contributed by atoms with Crippen molar-refractivity contribution >= 4 is 27.6 Å². The average molecular weight is 362 g/mol. The van der Waals surface area contributed by atoms with Crippen LogP contribution in [-0.4, -0.2) is 43.1 Å². The summed E-state index contributed by atoms with van der Waals surface area (Å²) in [6, 6.07) is 0. The lowest BCUT2D eigenvalue weighted by atomic mass is 10.2. The van der Waals surface area contributed by atoms with E-state index in [1.165, 1.54) is 13.3 Å². The van der Waals surface area contributed by atoms with Crippen LogP contribution in [0, 0.1) is 0 Å². The van der Waals surface area contributed by atoms with Crippen molar-refractivity contribution in [3.63, 3.8) is 0 Å². The van der Waals surface area contributed by atoms with E-state index >= 15 is 0 Å². The number of esters is 1. The number of hydrogen-bond donors (Lipinski definition) is 1. The third-order valence-corrected chi connectivity index (χ3v) is 3.60. The predicted molar refractivity (Wildman–Crippen MR) is 82.4 cm³/mol. The number of nitrogens with one attached hydrogen (secondary N) is 1. The average Bonchev–Trinajstić information content (AvgIpc) is 2.49. The molecular weight excluding hydrogens is 342 g/mol. The summed E-state index contributed by atoms with van der Waals surface area (Å²) < 4.78 is 10.9. The molecule has 0 saturated carbocycles. The third kappa shape index (κ3) is 5.84. The molecule has 1 heterocycles. The van der Waals surface area contributed by atoms with Crippen molar-refractivity contribution < 1.29 is 14.3 Å². The van der Waals surface area contributed by atoms with Crippen molar-refractivity contribution in [3.8, 4) is 0 Å². The zero-order valence-electron chi connectivity index (χ0n) is 12.2. The minimum atomic E-state index is -0.518. The van der Waals surface area contributed by atoms with Crippen molar-refractivity contribution in [3.05, 3.63) is 21.0 Å². The maximum atomic E-state index is 12.0. The Morgan fingerprint density at radius 2 is 2.14 bits per heavy atom. The Morgan fingerprint density at radius 1 is 1.38 bits per heavy atom. The van der Waals surface area contributed by atoms with Crippen LogP contribution in [0.4, 0.5) is 5.69 Å². The Hall–Kier alpha value is -1.41. The first-order valence-corrected chi connectivity index (χ1v) is 7.44. The van der Waals surface area contributed by atoms with Crippen LogP contribution >= 0.6 is 15.9 Å². The molecule has 8 heteroatoms. The van der Waals surface area contributed by atoms with Crippen LogP contribution < -0.4 is 10.9 Å². The highest BCUT2D eigenvalue weighted by Crippen LogP contribution is 2.16. The summed E-state index contributed by atoms with van der Waals surface area (Å²) in [5.74, 6) is -0.518. The van der Waals surface area contributed by atoms with Gasteiger partial charge in [0.15, 0.2) is 0 Å². The predicted octanol–water partition coefficient (Wildman–Crippen LogP) is 1.41. The molecule has 1 N–H and O–H groups in total. The van der Waals surface area contributed by atoms with E-state index in [1.807, 2.05) is 0 Å². The van der Waals surface area contributed by atoms with Crippen LogP contribution in [0.25, 0.3) is 0 Å². The van der Waals surface area contributed by atoms with Gasteiger partial charge in [-0.15, -0.1) is 0 Å². The van der Waals surface area contributed by atoms with Crippen LogP contribution in [0.1, 0.15) is 19.3 Å². The molecule has 0 bridgehead atoms. The Balaban J connectivity index is 2.55. The summed E-state index contributed by atoms with van der Waals surface area (Å²) in [6.45, 7) is 1.30. The molecule has 0 amide bonds. The maximum absolute atomic E-state index is 12.0. The van der Waals surface area contributed by atoms with Gasteiger partial charge in [0, 0.05) is 20.3 Å². The molecule has 0 radical (unpaired) electrons. The van der Waals surface area contributed by atoms with E-state index < -0.39 is 5.97 Å². The fourth-order valence-corrected chi connectivity index (χ4v) is 2.11. The number of methoxy groups -OCH3 is 2. The third-order valence-electron chi connectivity index (χ3n) is 2.83. The van der Waals surface area contributed by atoms with Gasteiger partial charge in [-0.2, -0.15) is 5.10 Å². The molecule has 0 fully saturated rings. The second-order valence-electron chi connectivity index (χ2n) is 4.39. The Bertz CT molecular complexity index is 519. The Labute approximate surface area is 131 Å². The number of unbranched alkanes of at least 4 members (excludes halogenated alkanes) is 2. The molecular formula is C13H20BrN3O4. The molecule has 118 valence electrons. The highest BCUT2D eigenvalue weighted by molar-refractivity contribution is 9.10. The van der Waals surface area contributed by atoms with Crippen molar-refractivity contribution in [2.24, 2.45) is 0 Å². The largest absolute Gasteiger partial charge is 0.468 e. The van der Waals surface area contributed by atoms with Crippen molar-refractivity contribution in [1.82, 2.24) is 9.78 Å². The van der Waals surface area contributed by atoms with Crippen LogP contribution in [0.2, 0.25) is 0 Å². The van der Waals surface area contributed by atoms with Crippen molar-refractivity contribution in [1.29, 1.82) is 0 Å². The van der Waals surface area contributed by atoms with Gasteiger partial charge in [-0.3, -0.25) is 9.59 Å². The number of halogens is 1. The lowest BCUT2D eigenvalue weighted by Crippen LogP contribution is -2.28. The van der Waals surface area contributed by atoms with E-state index in [0.29, 0.717) is 10.2 Å². The van der Waals surface area contributed by atoms with Crippen molar-refractivity contribution in [2.45, 2.75) is 25.8 Å². The molecule has 1 aromatic heterocycles. The van der Waals surface area contributed by atoms with Gasteiger partial charge in [-0.1, -0.05) is 0 Å². The van der Waals surface area contributed by atoms with E-state index in [1.54, 1.807) is 7.11 Å². The van der Waals surface area contributed by atoms with E-state index in [0.717, 1.165) is 37.1 Å². The lowest BCUT2D eigenvalue weighted by molar-refractivity contribution is -0.141. The van der Waals surface area contributed by atoms with Crippen molar-refractivity contribution in [2.75, 3.05) is 32.7 Å². The Kier molecular flexibility index (Phi) is 7.99. The Morgan fingerprint density at radius 3 is 2.81 bits per heavy atom. The van der Waals surface area contributed by atoms with Gasteiger partial charge >= 0.3 is 5.97 Å². The number of aromatic nitrogens is 2. The van der Waals surface area contributed by atoms with Gasteiger partial charge in [0.2, 0.25) is 0 Å². The lowest BCUT2D eigenvalue weighted by Gasteiger charge is -2.10. The minimum absolute atomic E-state index is 0.203. The number of carbonyl (C=O) groups is 1. The number of rotatable bonds is 9. The molecule has 0 aromatic carbocycles. The number of carbonyl (C=O) groups excluding carboxylic acids is 1. The molecule has 0 spiro atoms. The molecule has 21 heavy (non-hydrogen) atoms. The fourth-order valence-electron chi connectivity index (χ4n) is 1.66. The van der Waals surface area contributed by atoms with E-state index in [9.17, 15) is 9.59 Å². The second-order valence-corrected chi connectivity index (χ2v) is 5.18. The fraction of sp³-hybridized carbons (Fsp3) is 0.615. The highest BCUT2D eigenvalue weighted by Gasteiger charge is 2.11. The van der Waals surface area contributed by atoms with Crippen LogP contribution in [0.5, 0.6) is 0 Å². The SMILES string of the molecule is COCCCCCNc1cnn(CC(=O)OC)c(=O)c1Br. The van der Waals surface area contributed by atoms with Gasteiger partial charge in [-0.05, 0) is 35.2 Å². The maximum Gasteiger partial charge on any atom is 0.327 e. The summed E-state index contributed by atoms with van der Waals surface area (Å²) in [4.78, 5) is 23.2. The summed E-state index contributed by atoms with van der Waals surface area (Å²) in [6.07, 6.45) is 4.55. The molecule has 0 saturated heterocycles. The van der Waals surface area contributed by atoms with Gasteiger partial charge in [0.05, 0.1) is 19.0 Å². The summed E-state index contributed by atoms with van der Waals surface area (Å²) in [5, 5.41) is 7.09. The highest BCUT2D eigenvalue weighted by atomic mass is 79.9. The number of anilines is 1. The molecule has 7 nitrogen and oxygen atoms in total. The number of ether oxygens (including phenoxy) is 2. The zero-order chi connectivity index (χ0) is 15.7. The van der Waals surface area contributed by atoms with Crippen LogP contribution in [-0.2, 0) is 20.8 Å². The van der Waals surface area contributed by atoms with Gasteiger partial charge in [0.1, 0.15) is 11.0 Å². The smallest absolute Gasteiger partial charge is 0.327 e. The molecule has 1 rings (SSSR count). The van der Waals surface area contributed by atoms with E-state index in [-0.39, 0.29) is 12.1 Å². The first-order valence-electron chi connectivity index (χ1n) is 6.65. The van der Waals surface area contributed by atoms with Crippen LogP contribution in [0.15, 0.2) is 15.5 Å². The zero-order valence-corrected chi connectivity index (χ0v) is 13.8. The van der Waals surface area contributed by atoms with E-state index in [2.05, 4.69) is 31.1 Å². The summed E-state index contributed by atoms with van der Waals surface area (Å²) in [5.41, 5.74) is 0.248. The van der Waals surface area contributed by atoms with Crippen LogP contribution in [0.3, 0.4) is 0 Å². The summed E-state index contributed by atoms with van der Waals surface area (Å²) in [7, 11) is 2.95. The molecule has 0 aliphatic heterocycles. The standard InChI is InChI=1S/C13H20BrN3O4/c1-20-7-5-3-4-6-15-10-8-16-17(9-11(18)21-2)13(19)12(10)14/h8,15H,3-7,9H2,1-2H3. The molecule has 0 unspecified atom stereocenters. The second kappa shape index (κ2) is 9.51. The monoisotopic (exact) mass is 361 g/mol. The minimum Gasteiger partial charge on any atom is -0.468 e. The van der Waals surface area contributed by atoms with Gasteiger partial charge in [0.25, 0.3) is 5.56 Å². The van der Waals surface area contributed by atoms with E-state index in [4.69, 9.17) is 4.74 Å². The molecule has 0 aliphatic rings. The molecule has 1 aromatic rings. The quantitative estimate of drug-likeness (QED) is 0.528. The number of hydrogen-bond acceptors (Lipinski definition) is 6. The molecule has 0 aliphatic carbocycles. The molecule has 0 atom stereocenters. The first kappa shape index (κ1) is 17.6. The first-order chi connectivity index (χ1) is 10.1. The van der Waals surface area contributed by atoms with Gasteiger partial charge in [-0.25, -0.2) is 4.68 Å².